The standard InChI is InChI=1S/C14H19N3/c1-10-5-6-13(11(2)7-10)14-8-12(9-15-3)16-17(14)4/h5-8,15H,9H2,1-4H3. The number of aromatic nitrogens is 2. The van der Waals surface area contributed by atoms with Crippen LogP contribution in [0, 0.1) is 13.8 Å². The van der Waals surface area contributed by atoms with Crippen molar-refractivity contribution in [3.05, 3.63) is 41.1 Å². The Kier molecular flexibility index (Phi) is 3.29. The van der Waals surface area contributed by atoms with Gasteiger partial charge in [0.05, 0.1) is 11.4 Å². The molecule has 3 nitrogen and oxygen atoms in total. The van der Waals surface area contributed by atoms with E-state index in [0.29, 0.717) is 0 Å². The number of nitrogens with one attached hydrogen (secondary N) is 1. The molecule has 17 heavy (non-hydrogen) atoms. The van der Waals surface area contributed by atoms with Crippen LogP contribution in [0.25, 0.3) is 11.3 Å². The second kappa shape index (κ2) is 4.72. The van der Waals surface area contributed by atoms with Crippen LogP contribution in [0.4, 0.5) is 0 Å². The van der Waals surface area contributed by atoms with Crippen molar-refractivity contribution < 1.29 is 0 Å². The summed E-state index contributed by atoms with van der Waals surface area (Å²) >= 11 is 0. The van der Waals surface area contributed by atoms with Crippen LogP contribution in [0.1, 0.15) is 16.8 Å². The number of nitrogens with zero attached hydrogens (tertiary/aromatic N) is 2. The highest BCUT2D eigenvalue weighted by molar-refractivity contribution is 5.64. The highest BCUT2D eigenvalue weighted by atomic mass is 15.3. The van der Waals surface area contributed by atoms with Crippen LogP contribution in [-0.4, -0.2) is 16.8 Å². The highest BCUT2D eigenvalue weighted by Crippen LogP contribution is 2.24. The van der Waals surface area contributed by atoms with Gasteiger partial charge in [-0.3, -0.25) is 4.68 Å². The number of benzene rings is 1. The predicted molar refractivity (Wildman–Crippen MR) is 70.9 cm³/mol. The maximum Gasteiger partial charge on any atom is 0.0768 e. The molecule has 0 saturated heterocycles. The fraction of sp³-hybridized carbons (Fsp3) is 0.357. The molecule has 2 aromatic rings. The van der Waals surface area contributed by atoms with Gasteiger partial charge in [0.2, 0.25) is 0 Å². The maximum atomic E-state index is 4.49. The molecule has 0 saturated carbocycles. The quantitative estimate of drug-likeness (QED) is 0.876. The number of hydrogen-bond acceptors (Lipinski definition) is 2. The minimum atomic E-state index is 0.804. The fourth-order valence-electron chi connectivity index (χ4n) is 2.15. The molecule has 0 aliphatic heterocycles. The van der Waals surface area contributed by atoms with Crippen LogP contribution in [-0.2, 0) is 13.6 Å². The fourth-order valence-corrected chi connectivity index (χ4v) is 2.15. The van der Waals surface area contributed by atoms with Gasteiger partial charge in [-0.15, -0.1) is 0 Å². The molecule has 2 rings (SSSR count). The maximum absolute atomic E-state index is 4.49. The van der Waals surface area contributed by atoms with Gasteiger partial charge in [-0.25, -0.2) is 0 Å². The zero-order valence-corrected chi connectivity index (χ0v) is 10.9. The van der Waals surface area contributed by atoms with Crippen molar-refractivity contribution in [2.75, 3.05) is 7.05 Å². The zero-order chi connectivity index (χ0) is 12.4. The van der Waals surface area contributed by atoms with Crippen molar-refractivity contribution in [1.82, 2.24) is 15.1 Å². The summed E-state index contributed by atoms with van der Waals surface area (Å²) in [5, 5.41) is 7.62. The Morgan fingerprint density at radius 1 is 1.24 bits per heavy atom. The van der Waals surface area contributed by atoms with Crippen molar-refractivity contribution >= 4 is 0 Å². The predicted octanol–water partition coefficient (Wildman–Crippen LogP) is 2.42. The Morgan fingerprint density at radius 2 is 2.00 bits per heavy atom. The third kappa shape index (κ3) is 2.39. The lowest BCUT2D eigenvalue weighted by Crippen LogP contribution is -2.05. The average molecular weight is 229 g/mol. The van der Waals surface area contributed by atoms with Crippen molar-refractivity contribution in [1.29, 1.82) is 0 Å². The van der Waals surface area contributed by atoms with E-state index < -0.39 is 0 Å². The normalized spacial score (nSPS) is 10.8. The molecule has 90 valence electrons. The van der Waals surface area contributed by atoms with Gasteiger partial charge in [-0.05, 0) is 32.5 Å². The topological polar surface area (TPSA) is 29.9 Å². The van der Waals surface area contributed by atoms with Gasteiger partial charge in [-0.1, -0.05) is 23.8 Å². The SMILES string of the molecule is CNCc1cc(-c2ccc(C)cc2C)n(C)n1. The van der Waals surface area contributed by atoms with Crippen LogP contribution in [0.15, 0.2) is 24.3 Å². The second-order valence-electron chi connectivity index (χ2n) is 4.49. The third-order valence-corrected chi connectivity index (χ3v) is 2.95. The van der Waals surface area contributed by atoms with Crippen LogP contribution >= 0.6 is 0 Å². The summed E-state index contributed by atoms with van der Waals surface area (Å²) in [6.45, 7) is 5.07. The largest absolute Gasteiger partial charge is 0.314 e. The Hall–Kier alpha value is -1.61. The molecular weight excluding hydrogens is 210 g/mol. The van der Waals surface area contributed by atoms with Crippen LogP contribution in [0.2, 0.25) is 0 Å². The van der Waals surface area contributed by atoms with Crippen LogP contribution in [0.5, 0.6) is 0 Å². The van der Waals surface area contributed by atoms with Gasteiger partial charge in [0.25, 0.3) is 0 Å². The van der Waals surface area contributed by atoms with Crippen molar-refractivity contribution in [2.24, 2.45) is 7.05 Å². The van der Waals surface area contributed by atoms with Crippen LogP contribution in [0.3, 0.4) is 0 Å². The lowest BCUT2D eigenvalue weighted by Gasteiger charge is -2.06. The molecule has 0 fully saturated rings. The molecule has 0 aliphatic rings. The summed E-state index contributed by atoms with van der Waals surface area (Å²) in [5.74, 6) is 0. The molecule has 0 bridgehead atoms. The molecule has 0 atom stereocenters. The first-order valence-electron chi connectivity index (χ1n) is 5.87. The molecule has 1 aromatic carbocycles. The summed E-state index contributed by atoms with van der Waals surface area (Å²) in [6.07, 6.45) is 0. The van der Waals surface area contributed by atoms with Gasteiger partial charge in [0, 0.05) is 19.2 Å². The second-order valence-corrected chi connectivity index (χ2v) is 4.49. The van der Waals surface area contributed by atoms with E-state index in [-0.39, 0.29) is 0 Å². The van der Waals surface area contributed by atoms with E-state index in [1.165, 1.54) is 22.4 Å². The molecule has 0 amide bonds. The Labute approximate surface area is 102 Å². The van der Waals surface area contributed by atoms with E-state index in [9.17, 15) is 0 Å². The Balaban J connectivity index is 2.45. The summed E-state index contributed by atoms with van der Waals surface area (Å²) < 4.78 is 1.95. The van der Waals surface area contributed by atoms with Crippen molar-refractivity contribution in [3.63, 3.8) is 0 Å². The third-order valence-electron chi connectivity index (χ3n) is 2.95. The Bertz CT molecular complexity index is 526. The average Bonchev–Trinajstić information content (AvgIpc) is 2.60. The zero-order valence-electron chi connectivity index (χ0n) is 10.9. The molecule has 0 spiro atoms. The molecule has 0 aliphatic carbocycles. The molecule has 3 heteroatoms. The summed E-state index contributed by atoms with van der Waals surface area (Å²) in [7, 11) is 3.93. The summed E-state index contributed by atoms with van der Waals surface area (Å²) in [5.41, 5.74) is 6.10. The minimum absolute atomic E-state index is 0.804. The monoisotopic (exact) mass is 229 g/mol. The van der Waals surface area contributed by atoms with E-state index in [1.54, 1.807) is 0 Å². The molecule has 0 unspecified atom stereocenters. The van der Waals surface area contributed by atoms with E-state index >= 15 is 0 Å². The lowest BCUT2D eigenvalue weighted by molar-refractivity contribution is 0.716. The number of rotatable bonds is 3. The number of hydrogen-bond donors (Lipinski definition) is 1. The minimum Gasteiger partial charge on any atom is -0.314 e. The molecule has 0 radical (unpaired) electrons. The summed E-state index contributed by atoms with van der Waals surface area (Å²) in [6, 6.07) is 8.67. The smallest absolute Gasteiger partial charge is 0.0768 e. The molecule has 1 heterocycles. The lowest BCUT2D eigenvalue weighted by atomic mass is 10.0. The highest BCUT2D eigenvalue weighted by Gasteiger charge is 2.09. The van der Waals surface area contributed by atoms with Crippen molar-refractivity contribution in [2.45, 2.75) is 20.4 Å². The van der Waals surface area contributed by atoms with Crippen molar-refractivity contribution in [3.8, 4) is 11.3 Å². The first-order valence-corrected chi connectivity index (χ1v) is 5.87. The Morgan fingerprint density at radius 3 is 2.65 bits per heavy atom. The first kappa shape index (κ1) is 11.9. The molecule has 1 aromatic heterocycles. The van der Waals surface area contributed by atoms with E-state index in [1.807, 2.05) is 18.8 Å². The van der Waals surface area contributed by atoms with E-state index in [4.69, 9.17) is 0 Å². The van der Waals surface area contributed by atoms with Crippen LogP contribution < -0.4 is 5.32 Å². The van der Waals surface area contributed by atoms with Gasteiger partial charge in [0.1, 0.15) is 0 Å². The van der Waals surface area contributed by atoms with Gasteiger partial charge in [-0.2, -0.15) is 5.10 Å². The van der Waals surface area contributed by atoms with Gasteiger partial charge >= 0.3 is 0 Å². The molecule has 1 N–H and O–H groups in total. The number of aryl methyl sites for hydroxylation is 3. The van der Waals surface area contributed by atoms with E-state index in [2.05, 4.69) is 48.5 Å². The molecular formula is C14H19N3. The van der Waals surface area contributed by atoms with Gasteiger partial charge < -0.3 is 5.32 Å². The summed E-state index contributed by atoms with van der Waals surface area (Å²) in [4.78, 5) is 0. The van der Waals surface area contributed by atoms with E-state index in [0.717, 1.165) is 12.2 Å². The first-order chi connectivity index (χ1) is 8.11. The van der Waals surface area contributed by atoms with Gasteiger partial charge in [0.15, 0.2) is 0 Å².